The quantitative estimate of drug-likeness (QED) is 0.456. The van der Waals surface area contributed by atoms with Crippen molar-refractivity contribution in [1.82, 2.24) is 0 Å². The molecule has 1 aromatic heterocycles. The van der Waals surface area contributed by atoms with Gasteiger partial charge in [0.25, 0.3) is 0 Å². The number of hydrogen-bond donors (Lipinski definition) is 0. The number of unbranched alkanes of at least 4 members (excludes halogenated alkanes) is 4. The van der Waals surface area contributed by atoms with E-state index in [9.17, 15) is 0 Å². The Hall–Kier alpha value is -0.300. The van der Waals surface area contributed by atoms with Gasteiger partial charge in [-0.1, -0.05) is 65.2 Å². The van der Waals surface area contributed by atoms with E-state index in [0.29, 0.717) is 0 Å². The van der Waals surface area contributed by atoms with E-state index < -0.39 is 0 Å². The van der Waals surface area contributed by atoms with E-state index in [-0.39, 0.29) is 0 Å². The van der Waals surface area contributed by atoms with Crippen LogP contribution >= 0.6 is 11.3 Å². The van der Waals surface area contributed by atoms with E-state index in [1.807, 2.05) is 0 Å². The van der Waals surface area contributed by atoms with Crippen LogP contribution in [0.2, 0.25) is 0 Å². The molecule has 1 heteroatoms. The minimum Gasteiger partial charge on any atom is -0.143 e. The molecule has 17 heavy (non-hydrogen) atoms. The molecule has 0 nitrogen and oxygen atoms in total. The second-order valence-electron chi connectivity index (χ2n) is 5.11. The highest BCUT2D eigenvalue weighted by Gasteiger charge is 2.09. The minimum atomic E-state index is 0.901. The maximum atomic E-state index is 3.39. The predicted molar refractivity (Wildman–Crippen MR) is 78.6 cm³/mol. The van der Waals surface area contributed by atoms with E-state index in [1.54, 1.807) is 11.3 Å². The molecular formula is C16H27S. The Morgan fingerprint density at radius 2 is 1.82 bits per heavy atom. The molecule has 1 radical (unpaired) electrons. The van der Waals surface area contributed by atoms with Gasteiger partial charge in [0.1, 0.15) is 0 Å². The first kappa shape index (κ1) is 14.8. The van der Waals surface area contributed by atoms with Crippen LogP contribution < -0.4 is 0 Å². The molecule has 0 aliphatic carbocycles. The zero-order valence-electron chi connectivity index (χ0n) is 11.5. The Morgan fingerprint density at radius 3 is 2.47 bits per heavy atom. The second-order valence-corrected chi connectivity index (χ2v) is 5.82. The zero-order valence-corrected chi connectivity index (χ0v) is 12.3. The fourth-order valence-electron chi connectivity index (χ4n) is 2.38. The number of thiophene rings is 1. The topological polar surface area (TPSA) is 0 Å². The Balaban J connectivity index is 2.26. The van der Waals surface area contributed by atoms with E-state index >= 15 is 0 Å². The van der Waals surface area contributed by atoms with Gasteiger partial charge in [0.2, 0.25) is 0 Å². The summed E-state index contributed by atoms with van der Waals surface area (Å²) in [6, 6.07) is 2.25. The Morgan fingerprint density at radius 1 is 1.06 bits per heavy atom. The SMILES string of the molecule is CCCCCCC(CCCC)Cc1[c]scc1. The van der Waals surface area contributed by atoms with Gasteiger partial charge in [-0.25, -0.2) is 0 Å². The molecule has 0 amide bonds. The molecule has 1 rings (SSSR count). The van der Waals surface area contributed by atoms with Crippen LogP contribution in [0.15, 0.2) is 11.4 Å². The summed E-state index contributed by atoms with van der Waals surface area (Å²) in [5, 5.41) is 5.54. The Kier molecular flexibility index (Phi) is 8.42. The fourth-order valence-corrected chi connectivity index (χ4v) is 2.98. The first-order chi connectivity index (χ1) is 8.36. The van der Waals surface area contributed by atoms with Crippen molar-refractivity contribution in [1.29, 1.82) is 0 Å². The lowest BCUT2D eigenvalue weighted by atomic mass is 9.90. The molecule has 0 aliphatic heterocycles. The summed E-state index contributed by atoms with van der Waals surface area (Å²) >= 11 is 1.71. The summed E-state index contributed by atoms with van der Waals surface area (Å²) < 4.78 is 0. The molecule has 0 fully saturated rings. The van der Waals surface area contributed by atoms with E-state index in [0.717, 1.165) is 5.92 Å². The second kappa shape index (κ2) is 9.70. The van der Waals surface area contributed by atoms with Gasteiger partial charge >= 0.3 is 0 Å². The summed E-state index contributed by atoms with van der Waals surface area (Å²) in [6.07, 6.45) is 12.4. The summed E-state index contributed by atoms with van der Waals surface area (Å²) in [7, 11) is 0. The van der Waals surface area contributed by atoms with Gasteiger partial charge in [-0.2, -0.15) is 0 Å². The third-order valence-electron chi connectivity index (χ3n) is 3.47. The van der Waals surface area contributed by atoms with Crippen LogP contribution in [0.1, 0.15) is 70.8 Å². The van der Waals surface area contributed by atoms with Crippen molar-refractivity contribution in [2.75, 3.05) is 0 Å². The maximum Gasteiger partial charge on any atom is 0.0477 e. The van der Waals surface area contributed by atoms with Gasteiger partial charge in [-0.15, -0.1) is 11.3 Å². The van der Waals surface area contributed by atoms with Gasteiger partial charge < -0.3 is 0 Å². The van der Waals surface area contributed by atoms with Crippen molar-refractivity contribution in [3.8, 4) is 0 Å². The van der Waals surface area contributed by atoms with Crippen molar-refractivity contribution in [2.45, 2.75) is 71.6 Å². The largest absolute Gasteiger partial charge is 0.143 e. The minimum absolute atomic E-state index is 0.901. The highest BCUT2D eigenvalue weighted by Crippen LogP contribution is 2.22. The van der Waals surface area contributed by atoms with E-state index in [1.165, 1.54) is 63.4 Å². The Labute approximate surface area is 111 Å². The van der Waals surface area contributed by atoms with Crippen molar-refractivity contribution in [3.05, 3.63) is 22.4 Å². The molecule has 1 aromatic rings. The summed E-state index contributed by atoms with van der Waals surface area (Å²) in [5.74, 6) is 0.901. The molecule has 0 spiro atoms. The van der Waals surface area contributed by atoms with E-state index in [4.69, 9.17) is 0 Å². The lowest BCUT2D eigenvalue weighted by molar-refractivity contribution is 0.410. The molecule has 0 saturated carbocycles. The van der Waals surface area contributed by atoms with Crippen LogP contribution in [0.5, 0.6) is 0 Å². The van der Waals surface area contributed by atoms with Crippen LogP contribution in [-0.4, -0.2) is 0 Å². The standard InChI is InChI=1S/C16H27S/c1-3-5-7-8-10-15(9-6-4-2)13-16-11-12-17-14-16/h11-12,15H,3-10,13H2,1-2H3. The lowest BCUT2D eigenvalue weighted by Gasteiger charge is -2.15. The predicted octanol–water partition coefficient (Wildman–Crippen LogP) is 5.87. The molecule has 1 unspecified atom stereocenters. The average molecular weight is 251 g/mol. The lowest BCUT2D eigenvalue weighted by Crippen LogP contribution is -2.04. The zero-order chi connectivity index (χ0) is 12.3. The van der Waals surface area contributed by atoms with Crippen LogP contribution in [0.3, 0.4) is 0 Å². The summed E-state index contributed by atoms with van der Waals surface area (Å²) in [4.78, 5) is 0. The molecule has 1 atom stereocenters. The van der Waals surface area contributed by atoms with Crippen molar-refractivity contribution >= 4 is 11.3 Å². The van der Waals surface area contributed by atoms with Gasteiger partial charge in [0.05, 0.1) is 0 Å². The van der Waals surface area contributed by atoms with E-state index in [2.05, 4.69) is 30.7 Å². The van der Waals surface area contributed by atoms with Crippen LogP contribution in [0.4, 0.5) is 0 Å². The third kappa shape index (κ3) is 6.88. The van der Waals surface area contributed by atoms with Gasteiger partial charge in [0, 0.05) is 5.38 Å². The smallest absolute Gasteiger partial charge is 0.0477 e. The maximum absolute atomic E-state index is 3.39. The molecule has 0 aliphatic rings. The number of rotatable bonds is 10. The normalized spacial score (nSPS) is 12.8. The highest BCUT2D eigenvalue weighted by molar-refractivity contribution is 7.07. The monoisotopic (exact) mass is 251 g/mol. The summed E-state index contributed by atoms with van der Waals surface area (Å²) in [6.45, 7) is 4.58. The van der Waals surface area contributed by atoms with Crippen LogP contribution in [0.25, 0.3) is 0 Å². The van der Waals surface area contributed by atoms with Gasteiger partial charge in [0.15, 0.2) is 0 Å². The molecule has 0 bridgehead atoms. The summed E-state index contributed by atoms with van der Waals surface area (Å²) in [5.41, 5.74) is 1.44. The van der Waals surface area contributed by atoms with Crippen molar-refractivity contribution in [3.63, 3.8) is 0 Å². The van der Waals surface area contributed by atoms with Gasteiger partial charge in [-0.3, -0.25) is 0 Å². The molecule has 97 valence electrons. The van der Waals surface area contributed by atoms with Crippen LogP contribution in [-0.2, 0) is 6.42 Å². The van der Waals surface area contributed by atoms with Gasteiger partial charge in [-0.05, 0) is 29.3 Å². The fraction of sp³-hybridized carbons (Fsp3) is 0.750. The highest BCUT2D eigenvalue weighted by atomic mass is 32.1. The molecule has 0 aromatic carbocycles. The molecule has 0 N–H and O–H groups in total. The van der Waals surface area contributed by atoms with Crippen molar-refractivity contribution in [2.24, 2.45) is 5.92 Å². The molecule has 0 saturated heterocycles. The number of hydrogen-bond acceptors (Lipinski definition) is 1. The first-order valence-electron chi connectivity index (χ1n) is 7.30. The van der Waals surface area contributed by atoms with Crippen LogP contribution in [0, 0.1) is 11.3 Å². The van der Waals surface area contributed by atoms with Crippen molar-refractivity contribution < 1.29 is 0 Å². The Bertz CT molecular complexity index is 250. The third-order valence-corrected chi connectivity index (χ3v) is 4.12. The first-order valence-corrected chi connectivity index (χ1v) is 8.18. The molecular weight excluding hydrogens is 224 g/mol. The molecule has 1 heterocycles. The average Bonchev–Trinajstić information content (AvgIpc) is 2.84.